The molecule has 0 spiro atoms. The standard InChI is InChI=1S/C18H29N3O8S/c1-12(22)3-6-28-8-9-29-7-4-20-15(23)2-5-21-16(24)10-14(17(21)25)30-11-13(19)18(26)27/h13-14H,2-11,19H2,1H3,(H,20,23)(H,26,27). The van der Waals surface area contributed by atoms with Crippen molar-refractivity contribution in [2.75, 3.05) is 45.3 Å². The Morgan fingerprint density at radius 3 is 2.50 bits per heavy atom. The van der Waals surface area contributed by atoms with Gasteiger partial charge in [0.25, 0.3) is 0 Å². The van der Waals surface area contributed by atoms with Crippen LogP contribution >= 0.6 is 11.8 Å². The topological polar surface area (TPSA) is 165 Å². The number of ether oxygens (including phenoxy) is 2. The van der Waals surface area contributed by atoms with E-state index in [2.05, 4.69) is 5.32 Å². The molecule has 0 aliphatic carbocycles. The third kappa shape index (κ3) is 10.1. The lowest BCUT2D eigenvalue weighted by Gasteiger charge is -2.15. The third-order valence-electron chi connectivity index (χ3n) is 4.10. The molecule has 0 radical (unpaired) electrons. The van der Waals surface area contributed by atoms with Crippen molar-refractivity contribution in [2.24, 2.45) is 5.73 Å². The van der Waals surface area contributed by atoms with E-state index in [0.29, 0.717) is 26.2 Å². The Balaban J connectivity index is 2.14. The van der Waals surface area contributed by atoms with Crippen LogP contribution in [0.5, 0.6) is 0 Å². The number of carboxylic acid groups (broad SMARTS) is 1. The number of aliphatic carboxylic acids is 1. The van der Waals surface area contributed by atoms with Gasteiger partial charge in [0, 0.05) is 38.1 Å². The molecule has 12 heteroatoms. The molecule has 1 fully saturated rings. The number of nitrogens with two attached hydrogens (primary N) is 1. The van der Waals surface area contributed by atoms with Crippen LogP contribution in [0.3, 0.4) is 0 Å². The van der Waals surface area contributed by atoms with Crippen LogP contribution in [0.1, 0.15) is 26.2 Å². The van der Waals surface area contributed by atoms with Crippen molar-refractivity contribution in [3.63, 3.8) is 0 Å². The number of carbonyl (C=O) groups is 5. The molecule has 3 amide bonds. The molecule has 1 rings (SSSR count). The number of carboxylic acids is 1. The average molecular weight is 448 g/mol. The number of rotatable bonds is 16. The van der Waals surface area contributed by atoms with Crippen molar-refractivity contribution >= 4 is 41.2 Å². The Bertz CT molecular complexity index is 631. The summed E-state index contributed by atoms with van der Waals surface area (Å²) in [5.41, 5.74) is 5.40. The first-order chi connectivity index (χ1) is 14.2. The Morgan fingerprint density at radius 2 is 1.87 bits per heavy atom. The number of nitrogens with one attached hydrogen (secondary N) is 1. The maximum absolute atomic E-state index is 12.3. The first kappa shape index (κ1) is 26.0. The minimum Gasteiger partial charge on any atom is -0.480 e. The Kier molecular flexibility index (Phi) is 12.2. The van der Waals surface area contributed by atoms with Crippen molar-refractivity contribution in [1.29, 1.82) is 0 Å². The van der Waals surface area contributed by atoms with Gasteiger partial charge in [-0.1, -0.05) is 0 Å². The number of Topliss-reactive ketones (excluding diaryl/α,β-unsaturated/α-hetero) is 1. The summed E-state index contributed by atoms with van der Waals surface area (Å²) < 4.78 is 10.5. The van der Waals surface area contributed by atoms with Crippen LogP contribution in [0.2, 0.25) is 0 Å². The third-order valence-corrected chi connectivity index (χ3v) is 5.42. The van der Waals surface area contributed by atoms with Gasteiger partial charge >= 0.3 is 5.97 Å². The number of likely N-dealkylation sites (tertiary alicyclic amines) is 1. The fourth-order valence-corrected chi connectivity index (χ4v) is 3.52. The maximum atomic E-state index is 12.3. The summed E-state index contributed by atoms with van der Waals surface area (Å²) in [6.07, 6.45) is 0.310. The highest BCUT2D eigenvalue weighted by Crippen LogP contribution is 2.25. The van der Waals surface area contributed by atoms with Crippen LogP contribution in [0.15, 0.2) is 0 Å². The zero-order chi connectivity index (χ0) is 22.5. The molecule has 2 unspecified atom stereocenters. The number of nitrogens with zero attached hydrogens (tertiary/aromatic N) is 1. The fourth-order valence-electron chi connectivity index (χ4n) is 2.41. The number of carbonyl (C=O) groups excluding carboxylic acids is 4. The number of imide groups is 1. The van der Waals surface area contributed by atoms with Gasteiger partial charge in [-0.15, -0.1) is 11.8 Å². The molecular weight excluding hydrogens is 418 g/mol. The molecule has 0 bridgehead atoms. The zero-order valence-corrected chi connectivity index (χ0v) is 17.8. The second kappa shape index (κ2) is 14.1. The minimum atomic E-state index is -1.17. The smallest absolute Gasteiger partial charge is 0.321 e. The molecule has 0 aromatic carbocycles. The van der Waals surface area contributed by atoms with Crippen LogP contribution in [-0.4, -0.2) is 96.0 Å². The van der Waals surface area contributed by atoms with E-state index in [4.69, 9.17) is 20.3 Å². The van der Waals surface area contributed by atoms with Gasteiger partial charge in [-0.05, 0) is 6.92 Å². The number of amides is 3. The van der Waals surface area contributed by atoms with Crippen molar-refractivity contribution in [3.05, 3.63) is 0 Å². The summed E-state index contributed by atoms with van der Waals surface area (Å²) in [4.78, 5) is 58.6. The quantitative estimate of drug-likeness (QED) is 0.193. The fraction of sp³-hybridized carbons (Fsp3) is 0.722. The molecule has 1 saturated heterocycles. The summed E-state index contributed by atoms with van der Waals surface area (Å²) in [6, 6.07) is -1.10. The summed E-state index contributed by atoms with van der Waals surface area (Å²) in [5, 5.41) is 10.7. The normalized spacial score (nSPS) is 17.3. The number of hydrogen-bond acceptors (Lipinski definition) is 9. The van der Waals surface area contributed by atoms with Gasteiger partial charge in [0.2, 0.25) is 17.7 Å². The highest BCUT2D eigenvalue weighted by molar-refractivity contribution is 8.00. The van der Waals surface area contributed by atoms with Crippen LogP contribution < -0.4 is 11.1 Å². The predicted octanol–water partition coefficient (Wildman–Crippen LogP) is -1.22. The molecule has 0 saturated carbocycles. The molecule has 170 valence electrons. The first-order valence-corrected chi connectivity index (χ1v) is 10.6. The van der Waals surface area contributed by atoms with E-state index in [1.807, 2.05) is 0 Å². The van der Waals surface area contributed by atoms with Crippen LogP contribution in [0.25, 0.3) is 0 Å². The Hall–Kier alpha value is -2.02. The highest BCUT2D eigenvalue weighted by atomic mass is 32.2. The zero-order valence-electron chi connectivity index (χ0n) is 17.0. The molecule has 11 nitrogen and oxygen atoms in total. The van der Waals surface area contributed by atoms with Crippen molar-refractivity contribution in [1.82, 2.24) is 10.2 Å². The average Bonchev–Trinajstić information content (AvgIpc) is 2.95. The summed E-state index contributed by atoms with van der Waals surface area (Å²) in [7, 11) is 0. The highest BCUT2D eigenvalue weighted by Gasteiger charge is 2.39. The van der Waals surface area contributed by atoms with E-state index in [1.54, 1.807) is 0 Å². The van der Waals surface area contributed by atoms with Gasteiger partial charge in [-0.25, -0.2) is 0 Å². The van der Waals surface area contributed by atoms with Gasteiger partial charge in [-0.2, -0.15) is 0 Å². The molecule has 1 aliphatic heterocycles. The van der Waals surface area contributed by atoms with E-state index in [9.17, 15) is 24.0 Å². The van der Waals surface area contributed by atoms with Gasteiger partial charge in [-0.3, -0.25) is 28.9 Å². The van der Waals surface area contributed by atoms with Gasteiger partial charge in [0.05, 0.1) is 31.7 Å². The lowest BCUT2D eigenvalue weighted by Crippen LogP contribution is -2.37. The molecular formula is C18H29N3O8S. The summed E-state index contributed by atoms with van der Waals surface area (Å²) >= 11 is 1.04. The van der Waals surface area contributed by atoms with E-state index in [1.165, 1.54) is 6.92 Å². The lowest BCUT2D eigenvalue weighted by atomic mass is 10.3. The van der Waals surface area contributed by atoms with Crippen molar-refractivity contribution in [3.8, 4) is 0 Å². The van der Waals surface area contributed by atoms with Crippen LogP contribution in [0.4, 0.5) is 0 Å². The van der Waals surface area contributed by atoms with E-state index in [0.717, 1.165) is 16.7 Å². The number of hydrogen-bond donors (Lipinski definition) is 3. The number of thioether (sulfide) groups is 1. The molecule has 0 aromatic heterocycles. The summed E-state index contributed by atoms with van der Waals surface area (Å²) in [6.45, 7) is 3.08. The van der Waals surface area contributed by atoms with E-state index < -0.39 is 23.2 Å². The van der Waals surface area contributed by atoms with Gasteiger partial charge in [0.1, 0.15) is 11.8 Å². The Morgan fingerprint density at radius 1 is 1.20 bits per heavy atom. The van der Waals surface area contributed by atoms with Crippen molar-refractivity contribution in [2.45, 2.75) is 37.5 Å². The second-order valence-corrected chi connectivity index (χ2v) is 7.87. The van der Waals surface area contributed by atoms with E-state index >= 15 is 0 Å². The van der Waals surface area contributed by atoms with Crippen LogP contribution in [0, 0.1) is 0 Å². The Labute approximate surface area is 179 Å². The maximum Gasteiger partial charge on any atom is 0.321 e. The van der Waals surface area contributed by atoms with Gasteiger partial charge < -0.3 is 25.6 Å². The minimum absolute atomic E-state index is 0.0229. The largest absolute Gasteiger partial charge is 0.480 e. The van der Waals surface area contributed by atoms with Crippen molar-refractivity contribution < 1.29 is 38.6 Å². The number of ketones is 1. The summed E-state index contributed by atoms with van der Waals surface area (Å²) in [5.74, 6) is -2.22. The first-order valence-electron chi connectivity index (χ1n) is 9.58. The lowest BCUT2D eigenvalue weighted by molar-refractivity contribution is -0.139. The molecule has 1 heterocycles. The predicted molar refractivity (Wildman–Crippen MR) is 108 cm³/mol. The SMILES string of the molecule is CC(=O)CCOCCOCCNC(=O)CCN1C(=O)CC(SCC(N)C(=O)O)C1=O. The molecule has 4 N–H and O–H groups in total. The second-order valence-electron chi connectivity index (χ2n) is 6.63. The molecule has 0 aromatic rings. The van der Waals surface area contributed by atoms with Gasteiger partial charge in [0.15, 0.2) is 0 Å². The molecule has 1 aliphatic rings. The monoisotopic (exact) mass is 447 g/mol. The molecule has 2 atom stereocenters. The van der Waals surface area contributed by atoms with E-state index in [-0.39, 0.29) is 55.9 Å². The molecule has 30 heavy (non-hydrogen) atoms. The van der Waals surface area contributed by atoms with Crippen LogP contribution in [-0.2, 0) is 33.4 Å².